The second-order valence-corrected chi connectivity index (χ2v) is 7.85. The maximum atomic E-state index is 5.39. The van der Waals surface area contributed by atoms with Gasteiger partial charge in [0.25, 0.3) is 0 Å². The Bertz CT molecular complexity index is 766. The first-order chi connectivity index (χ1) is 14.2. The Kier molecular flexibility index (Phi) is 10.4. The van der Waals surface area contributed by atoms with Crippen molar-refractivity contribution in [3.05, 3.63) is 41.4 Å². The van der Waals surface area contributed by atoms with Crippen LogP contribution in [0.4, 0.5) is 5.82 Å². The quantitative estimate of drug-likeness (QED) is 0.316. The SMILES string of the molecule is CCNC(=NCc1ccc(N2CCCCCC2)nc1)NCc1cc(C(C)C)no1.I. The van der Waals surface area contributed by atoms with E-state index < -0.39 is 0 Å². The predicted octanol–water partition coefficient (Wildman–Crippen LogP) is 4.45. The van der Waals surface area contributed by atoms with Crippen molar-refractivity contribution in [2.24, 2.45) is 4.99 Å². The van der Waals surface area contributed by atoms with Crippen molar-refractivity contribution in [1.29, 1.82) is 0 Å². The van der Waals surface area contributed by atoms with E-state index in [1.165, 1.54) is 25.7 Å². The molecule has 1 fully saturated rings. The Balaban J connectivity index is 0.00000320. The van der Waals surface area contributed by atoms with Crippen LogP contribution in [0.1, 0.15) is 69.4 Å². The summed E-state index contributed by atoms with van der Waals surface area (Å²) in [5.74, 6) is 3.00. The smallest absolute Gasteiger partial charge is 0.191 e. The van der Waals surface area contributed by atoms with Gasteiger partial charge in [0.15, 0.2) is 11.7 Å². The summed E-state index contributed by atoms with van der Waals surface area (Å²) in [4.78, 5) is 11.7. The van der Waals surface area contributed by atoms with Gasteiger partial charge in [-0.2, -0.15) is 0 Å². The third-order valence-corrected chi connectivity index (χ3v) is 5.10. The van der Waals surface area contributed by atoms with Crippen molar-refractivity contribution in [3.63, 3.8) is 0 Å². The fourth-order valence-electron chi connectivity index (χ4n) is 3.36. The molecule has 2 aromatic rings. The molecule has 0 spiro atoms. The maximum Gasteiger partial charge on any atom is 0.191 e. The summed E-state index contributed by atoms with van der Waals surface area (Å²) >= 11 is 0. The zero-order chi connectivity index (χ0) is 20.5. The van der Waals surface area contributed by atoms with Crippen LogP contribution in [-0.4, -0.2) is 35.7 Å². The lowest BCUT2D eigenvalue weighted by Gasteiger charge is -2.21. The van der Waals surface area contributed by atoms with E-state index in [2.05, 4.69) is 63.6 Å². The van der Waals surface area contributed by atoms with Gasteiger partial charge in [-0.05, 0) is 37.3 Å². The normalized spacial score (nSPS) is 14.9. The molecule has 1 aliphatic heterocycles. The van der Waals surface area contributed by atoms with Gasteiger partial charge in [0.1, 0.15) is 5.82 Å². The molecule has 0 aliphatic carbocycles. The zero-order valence-electron chi connectivity index (χ0n) is 18.4. The Hall–Kier alpha value is -1.84. The highest BCUT2D eigenvalue weighted by Gasteiger charge is 2.11. The largest absolute Gasteiger partial charge is 0.359 e. The first-order valence-electron chi connectivity index (χ1n) is 10.8. The number of hydrogen-bond donors (Lipinski definition) is 2. The molecule has 2 aromatic heterocycles. The molecule has 0 radical (unpaired) electrons. The summed E-state index contributed by atoms with van der Waals surface area (Å²) in [5, 5.41) is 10.7. The third-order valence-electron chi connectivity index (χ3n) is 5.10. The van der Waals surface area contributed by atoms with Crippen LogP contribution in [0.2, 0.25) is 0 Å². The van der Waals surface area contributed by atoms with E-state index in [1.807, 2.05) is 12.3 Å². The monoisotopic (exact) mass is 526 g/mol. The van der Waals surface area contributed by atoms with Gasteiger partial charge in [0.05, 0.1) is 18.8 Å². The van der Waals surface area contributed by atoms with E-state index in [0.717, 1.165) is 48.4 Å². The number of nitrogens with zero attached hydrogens (tertiary/aromatic N) is 4. The number of anilines is 1. The van der Waals surface area contributed by atoms with Crippen LogP contribution in [0.15, 0.2) is 33.9 Å². The molecule has 0 saturated carbocycles. The van der Waals surface area contributed by atoms with Crippen LogP contribution in [0.3, 0.4) is 0 Å². The minimum atomic E-state index is 0. The highest BCUT2D eigenvalue weighted by molar-refractivity contribution is 14.0. The van der Waals surface area contributed by atoms with Gasteiger partial charge < -0.3 is 20.1 Å². The van der Waals surface area contributed by atoms with Crippen molar-refractivity contribution >= 4 is 35.8 Å². The van der Waals surface area contributed by atoms with Gasteiger partial charge >= 0.3 is 0 Å². The van der Waals surface area contributed by atoms with E-state index in [1.54, 1.807) is 0 Å². The predicted molar refractivity (Wildman–Crippen MR) is 133 cm³/mol. The van der Waals surface area contributed by atoms with Crippen molar-refractivity contribution in [2.75, 3.05) is 24.5 Å². The number of nitrogens with one attached hydrogen (secondary N) is 2. The van der Waals surface area contributed by atoms with Crippen molar-refractivity contribution in [1.82, 2.24) is 20.8 Å². The van der Waals surface area contributed by atoms with E-state index in [-0.39, 0.29) is 24.0 Å². The average Bonchev–Trinajstić information content (AvgIpc) is 3.05. The van der Waals surface area contributed by atoms with Gasteiger partial charge in [0.2, 0.25) is 0 Å². The molecule has 3 heterocycles. The molecule has 0 aromatic carbocycles. The Morgan fingerprint density at radius 2 is 1.93 bits per heavy atom. The number of hydrogen-bond acceptors (Lipinski definition) is 5. The minimum Gasteiger partial charge on any atom is -0.359 e. The van der Waals surface area contributed by atoms with E-state index in [4.69, 9.17) is 4.52 Å². The van der Waals surface area contributed by atoms with Crippen molar-refractivity contribution < 1.29 is 4.52 Å². The average molecular weight is 526 g/mol. The molecule has 166 valence electrons. The van der Waals surface area contributed by atoms with Gasteiger partial charge in [-0.15, -0.1) is 24.0 Å². The molecule has 3 rings (SSSR count). The molecule has 1 aliphatic rings. The molecule has 2 N–H and O–H groups in total. The number of rotatable bonds is 7. The standard InChI is InChI=1S/C22H34N6O.HI/c1-4-23-22(26-16-19-13-20(17(2)3)27-29-19)25-15-18-9-10-21(24-14-18)28-11-7-5-6-8-12-28;/h9-10,13-14,17H,4-8,11-12,15-16H2,1-3H3,(H2,23,25,26);1H. The van der Waals surface area contributed by atoms with Gasteiger partial charge in [-0.25, -0.2) is 9.98 Å². The van der Waals surface area contributed by atoms with Gasteiger partial charge in [-0.3, -0.25) is 0 Å². The summed E-state index contributed by atoms with van der Waals surface area (Å²) in [7, 11) is 0. The van der Waals surface area contributed by atoms with E-state index >= 15 is 0 Å². The van der Waals surface area contributed by atoms with Crippen molar-refractivity contribution in [2.45, 2.75) is 65.5 Å². The lowest BCUT2D eigenvalue weighted by atomic mass is 10.1. The fourth-order valence-corrected chi connectivity index (χ4v) is 3.36. The van der Waals surface area contributed by atoms with E-state index in [9.17, 15) is 0 Å². The van der Waals surface area contributed by atoms with Crippen LogP contribution in [0.25, 0.3) is 0 Å². The third kappa shape index (κ3) is 7.45. The lowest BCUT2D eigenvalue weighted by Crippen LogP contribution is -2.36. The molecule has 0 unspecified atom stereocenters. The highest BCUT2D eigenvalue weighted by atomic mass is 127. The molecule has 1 saturated heterocycles. The van der Waals surface area contributed by atoms with Crippen LogP contribution in [0, 0.1) is 0 Å². The Morgan fingerprint density at radius 3 is 2.53 bits per heavy atom. The minimum absolute atomic E-state index is 0. The van der Waals surface area contributed by atoms with Gasteiger partial charge in [0, 0.05) is 31.9 Å². The number of halogens is 1. The van der Waals surface area contributed by atoms with Crippen LogP contribution in [-0.2, 0) is 13.1 Å². The second kappa shape index (κ2) is 12.8. The molecule has 0 amide bonds. The number of guanidine groups is 1. The summed E-state index contributed by atoms with van der Waals surface area (Å²) in [5.41, 5.74) is 2.07. The lowest BCUT2D eigenvalue weighted by molar-refractivity contribution is 0.372. The Labute approximate surface area is 197 Å². The van der Waals surface area contributed by atoms with Gasteiger partial charge in [-0.1, -0.05) is 37.9 Å². The van der Waals surface area contributed by atoms with Crippen LogP contribution in [0.5, 0.6) is 0 Å². The topological polar surface area (TPSA) is 78.6 Å². The number of aromatic nitrogens is 2. The van der Waals surface area contributed by atoms with Crippen LogP contribution >= 0.6 is 24.0 Å². The molecule has 8 heteroatoms. The maximum absolute atomic E-state index is 5.39. The molecule has 7 nitrogen and oxygen atoms in total. The molecular formula is C22H35IN6O. The fraction of sp³-hybridized carbons (Fsp3) is 0.591. The summed E-state index contributed by atoms with van der Waals surface area (Å²) < 4.78 is 5.39. The first kappa shape index (κ1) is 24.4. The summed E-state index contributed by atoms with van der Waals surface area (Å²) in [6.07, 6.45) is 7.12. The molecule has 0 atom stereocenters. The molecule has 30 heavy (non-hydrogen) atoms. The number of pyridine rings is 1. The van der Waals surface area contributed by atoms with Crippen LogP contribution < -0.4 is 15.5 Å². The van der Waals surface area contributed by atoms with Crippen molar-refractivity contribution in [3.8, 4) is 0 Å². The zero-order valence-corrected chi connectivity index (χ0v) is 20.7. The Morgan fingerprint density at radius 1 is 1.17 bits per heavy atom. The second-order valence-electron chi connectivity index (χ2n) is 7.85. The molecule has 0 bridgehead atoms. The van der Waals surface area contributed by atoms with E-state index in [0.29, 0.717) is 19.0 Å². The first-order valence-corrected chi connectivity index (χ1v) is 10.8. The number of aliphatic imine (C=N–C) groups is 1. The highest BCUT2D eigenvalue weighted by Crippen LogP contribution is 2.18. The summed E-state index contributed by atoms with van der Waals surface area (Å²) in [6, 6.07) is 6.25. The molecular weight excluding hydrogens is 491 g/mol. The summed E-state index contributed by atoms with van der Waals surface area (Å²) in [6.45, 7) is 10.4.